The van der Waals surface area contributed by atoms with Crippen LogP contribution in [0.15, 0.2) is 24.3 Å². The summed E-state index contributed by atoms with van der Waals surface area (Å²) in [5, 5.41) is 0. The van der Waals surface area contributed by atoms with Crippen LogP contribution in [-0.2, 0) is 5.54 Å². The number of rotatable bonds is 1. The molecule has 0 bridgehead atoms. The summed E-state index contributed by atoms with van der Waals surface area (Å²) in [7, 11) is 0. The second kappa shape index (κ2) is 4.17. The molecule has 2 N–H and O–H groups in total. The number of hydrogen-bond acceptors (Lipinski definition) is 1. The zero-order valence-corrected chi connectivity index (χ0v) is 10.0. The van der Waals surface area contributed by atoms with Crippen molar-refractivity contribution >= 4 is 0 Å². The van der Waals surface area contributed by atoms with Crippen LogP contribution in [0.1, 0.15) is 38.7 Å². The van der Waals surface area contributed by atoms with Crippen molar-refractivity contribution in [3.8, 4) is 0 Å². The van der Waals surface area contributed by atoms with Gasteiger partial charge in [-0.05, 0) is 48.8 Å². The summed E-state index contributed by atoms with van der Waals surface area (Å²) in [4.78, 5) is 0. The average molecular weight is 221 g/mol. The van der Waals surface area contributed by atoms with Crippen molar-refractivity contribution in [1.29, 1.82) is 0 Å². The van der Waals surface area contributed by atoms with Crippen molar-refractivity contribution < 1.29 is 4.39 Å². The van der Waals surface area contributed by atoms with E-state index in [4.69, 9.17) is 5.73 Å². The zero-order valence-electron chi connectivity index (χ0n) is 10.0. The van der Waals surface area contributed by atoms with Gasteiger partial charge in [-0.25, -0.2) is 4.39 Å². The van der Waals surface area contributed by atoms with E-state index >= 15 is 0 Å². The van der Waals surface area contributed by atoms with E-state index in [0.29, 0.717) is 5.92 Å². The van der Waals surface area contributed by atoms with E-state index < -0.39 is 0 Å². The molecule has 16 heavy (non-hydrogen) atoms. The van der Waals surface area contributed by atoms with Gasteiger partial charge in [0.15, 0.2) is 0 Å². The van der Waals surface area contributed by atoms with Gasteiger partial charge in [-0.1, -0.05) is 26.0 Å². The number of benzene rings is 1. The highest BCUT2D eigenvalue weighted by atomic mass is 19.1. The molecule has 1 aromatic carbocycles. The molecule has 0 spiro atoms. The minimum atomic E-state index is -0.325. The molecule has 2 rings (SSSR count). The fourth-order valence-electron chi connectivity index (χ4n) is 2.71. The molecule has 0 radical (unpaired) electrons. The smallest absolute Gasteiger partial charge is 0.123 e. The molecule has 1 fully saturated rings. The fourth-order valence-corrected chi connectivity index (χ4v) is 2.71. The monoisotopic (exact) mass is 221 g/mol. The predicted molar refractivity (Wildman–Crippen MR) is 64.4 cm³/mol. The van der Waals surface area contributed by atoms with Crippen LogP contribution in [0.3, 0.4) is 0 Å². The molecule has 3 atom stereocenters. The van der Waals surface area contributed by atoms with Crippen LogP contribution in [0.4, 0.5) is 4.39 Å². The van der Waals surface area contributed by atoms with Gasteiger partial charge in [-0.3, -0.25) is 0 Å². The zero-order chi connectivity index (χ0) is 11.8. The molecule has 88 valence electrons. The van der Waals surface area contributed by atoms with E-state index in [9.17, 15) is 4.39 Å². The van der Waals surface area contributed by atoms with Gasteiger partial charge < -0.3 is 5.73 Å². The third kappa shape index (κ3) is 2.12. The lowest BCUT2D eigenvalue weighted by Crippen LogP contribution is -2.43. The van der Waals surface area contributed by atoms with Crippen LogP contribution in [0.25, 0.3) is 0 Å². The molecule has 1 aliphatic rings. The highest BCUT2D eigenvalue weighted by Gasteiger charge is 2.35. The van der Waals surface area contributed by atoms with E-state index in [1.807, 2.05) is 6.07 Å². The van der Waals surface area contributed by atoms with Crippen LogP contribution in [0.2, 0.25) is 0 Å². The van der Waals surface area contributed by atoms with Crippen molar-refractivity contribution in [2.75, 3.05) is 0 Å². The Balaban J connectivity index is 2.26. The lowest BCUT2D eigenvalue weighted by atomic mass is 9.69. The second-order valence-electron chi connectivity index (χ2n) is 5.36. The van der Waals surface area contributed by atoms with E-state index in [-0.39, 0.29) is 11.4 Å². The summed E-state index contributed by atoms with van der Waals surface area (Å²) in [5.74, 6) is 1.15. The Kier molecular flexibility index (Phi) is 3.02. The molecule has 0 amide bonds. The third-order valence-electron chi connectivity index (χ3n) is 4.10. The summed E-state index contributed by atoms with van der Waals surface area (Å²) in [5.41, 5.74) is 7.06. The molecule has 1 nitrogen and oxygen atoms in total. The molecule has 0 heterocycles. The van der Waals surface area contributed by atoms with Crippen LogP contribution in [0, 0.1) is 17.7 Å². The van der Waals surface area contributed by atoms with E-state index in [0.717, 1.165) is 30.7 Å². The molecule has 0 aromatic heterocycles. The highest BCUT2D eigenvalue weighted by Crippen LogP contribution is 2.40. The van der Waals surface area contributed by atoms with Crippen LogP contribution in [0.5, 0.6) is 0 Å². The van der Waals surface area contributed by atoms with Gasteiger partial charge in [0, 0.05) is 5.54 Å². The molecular weight excluding hydrogens is 201 g/mol. The first-order valence-electron chi connectivity index (χ1n) is 6.06. The number of nitrogens with two attached hydrogens (primary N) is 1. The van der Waals surface area contributed by atoms with E-state index in [2.05, 4.69) is 13.8 Å². The SMILES string of the molecule is CC1CCC(N)(c2cccc(F)c2)CC1C. The Bertz CT molecular complexity index is 377. The second-order valence-corrected chi connectivity index (χ2v) is 5.36. The first kappa shape index (κ1) is 11.6. The van der Waals surface area contributed by atoms with E-state index in [1.165, 1.54) is 6.07 Å². The van der Waals surface area contributed by atoms with Crippen molar-refractivity contribution in [2.24, 2.45) is 17.6 Å². The Hall–Kier alpha value is -0.890. The van der Waals surface area contributed by atoms with Gasteiger partial charge in [-0.2, -0.15) is 0 Å². The highest BCUT2D eigenvalue weighted by molar-refractivity contribution is 5.25. The van der Waals surface area contributed by atoms with Crippen molar-refractivity contribution in [3.63, 3.8) is 0 Å². The summed E-state index contributed by atoms with van der Waals surface area (Å²) in [6.07, 6.45) is 3.05. The van der Waals surface area contributed by atoms with Crippen molar-refractivity contribution in [2.45, 2.75) is 38.6 Å². The Morgan fingerprint density at radius 3 is 2.69 bits per heavy atom. The lowest BCUT2D eigenvalue weighted by molar-refractivity contribution is 0.176. The Morgan fingerprint density at radius 2 is 2.06 bits per heavy atom. The molecule has 1 saturated carbocycles. The molecule has 1 aliphatic carbocycles. The van der Waals surface area contributed by atoms with Gasteiger partial charge in [0.25, 0.3) is 0 Å². The third-order valence-corrected chi connectivity index (χ3v) is 4.10. The topological polar surface area (TPSA) is 26.0 Å². The van der Waals surface area contributed by atoms with Crippen molar-refractivity contribution in [1.82, 2.24) is 0 Å². The predicted octanol–water partition coefficient (Wildman–Crippen LogP) is 3.44. The molecule has 2 heteroatoms. The largest absolute Gasteiger partial charge is 0.321 e. The molecule has 3 unspecified atom stereocenters. The first-order valence-corrected chi connectivity index (χ1v) is 6.06. The van der Waals surface area contributed by atoms with Gasteiger partial charge in [-0.15, -0.1) is 0 Å². The van der Waals surface area contributed by atoms with Crippen molar-refractivity contribution in [3.05, 3.63) is 35.6 Å². The number of halogens is 1. The minimum Gasteiger partial charge on any atom is -0.321 e. The summed E-state index contributed by atoms with van der Waals surface area (Å²) < 4.78 is 13.2. The maximum absolute atomic E-state index is 13.2. The maximum Gasteiger partial charge on any atom is 0.123 e. The van der Waals surface area contributed by atoms with E-state index in [1.54, 1.807) is 12.1 Å². The van der Waals surface area contributed by atoms with Crippen LogP contribution in [-0.4, -0.2) is 0 Å². The minimum absolute atomic E-state index is 0.186. The fraction of sp³-hybridized carbons (Fsp3) is 0.571. The maximum atomic E-state index is 13.2. The standard InChI is InChI=1S/C14H20FN/c1-10-6-7-14(16,9-11(10)2)12-4-3-5-13(15)8-12/h3-5,8,10-11H,6-7,9,16H2,1-2H3. The normalized spacial score (nSPS) is 35.0. The van der Waals surface area contributed by atoms with Gasteiger partial charge >= 0.3 is 0 Å². The summed E-state index contributed by atoms with van der Waals surface area (Å²) in [6, 6.07) is 6.76. The summed E-state index contributed by atoms with van der Waals surface area (Å²) >= 11 is 0. The molecule has 0 aliphatic heterocycles. The molecule has 0 saturated heterocycles. The lowest BCUT2D eigenvalue weighted by Gasteiger charge is -2.40. The van der Waals surface area contributed by atoms with Gasteiger partial charge in [0.05, 0.1) is 0 Å². The van der Waals surface area contributed by atoms with Crippen LogP contribution < -0.4 is 5.73 Å². The first-order chi connectivity index (χ1) is 7.51. The quantitative estimate of drug-likeness (QED) is 0.772. The van der Waals surface area contributed by atoms with Gasteiger partial charge in [0.2, 0.25) is 0 Å². The molecular formula is C14H20FN. The summed E-state index contributed by atoms with van der Waals surface area (Å²) in [6.45, 7) is 4.51. The Morgan fingerprint density at radius 1 is 1.31 bits per heavy atom. The van der Waals surface area contributed by atoms with Crippen LogP contribution >= 0.6 is 0 Å². The average Bonchev–Trinajstić information content (AvgIpc) is 2.24. The Labute approximate surface area is 96.9 Å². The van der Waals surface area contributed by atoms with Gasteiger partial charge in [0.1, 0.15) is 5.82 Å². The molecule has 1 aromatic rings. The number of hydrogen-bond donors (Lipinski definition) is 1.